The van der Waals surface area contributed by atoms with Gasteiger partial charge in [0.15, 0.2) is 0 Å². The van der Waals surface area contributed by atoms with Crippen LogP contribution < -0.4 is 0 Å². The van der Waals surface area contributed by atoms with E-state index in [2.05, 4.69) is 11.1 Å². The molecule has 0 aromatic carbocycles. The van der Waals surface area contributed by atoms with Crippen molar-refractivity contribution >= 4 is 0 Å². The molecule has 0 amide bonds. The molecule has 1 aromatic rings. The van der Waals surface area contributed by atoms with Crippen LogP contribution in [0.1, 0.15) is 11.4 Å². The average Bonchev–Trinajstić information content (AvgIpc) is 1.87. The van der Waals surface area contributed by atoms with Crippen LogP contribution in [0, 0.1) is 19.9 Å². The summed E-state index contributed by atoms with van der Waals surface area (Å²) >= 11 is 0. The molecule has 8 heavy (non-hydrogen) atoms. The molecule has 1 nitrogen and oxygen atoms in total. The second-order valence-electron chi connectivity index (χ2n) is 1.72. The van der Waals surface area contributed by atoms with Gasteiger partial charge < -0.3 is 4.98 Å². The zero-order valence-corrected chi connectivity index (χ0v) is 7.92. The second-order valence-corrected chi connectivity index (χ2v) is 1.72. The van der Waals surface area contributed by atoms with Gasteiger partial charge in [-0.1, -0.05) is 12.6 Å². The summed E-state index contributed by atoms with van der Waals surface area (Å²) in [5, 5.41) is 0. The van der Waals surface area contributed by atoms with Crippen molar-refractivity contribution in [1.29, 1.82) is 0 Å². The Balaban J connectivity index is 0.000000490. The summed E-state index contributed by atoms with van der Waals surface area (Å²) < 4.78 is 0. The SMILES string of the molecule is Cc1[c-]cc(C)[nH]1.[W+2]. The molecular formula is C6H8NW+. The van der Waals surface area contributed by atoms with E-state index in [0.29, 0.717) is 0 Å². The van der Waals surface area contributed by atoms with Gasteiger partial charge in [0.05, 0.1) is 0 Å². The molecule has 1 rings (SSSR count). The van der Waals surface area contributed by atoms with Gasteiger partial charge in [-0.3, -0.25) is 0 Å². The van der Waals surface area contributed by atoms with Crippen molar-refractivity contribution in [1.82, 2.24) is 4.98 Å². The number of H-pyrrole nitrogens is 1. The van der Waals surface area contributed by atoms with Gasteiger partial charge in [-0.25, -0.2) is 12.1 Å². The Labute approximate surface area is 63.8 Å². The molecule has 0 aliphatic rings. The van der Waals surface area contributed by atoms with Crippen LogP contribution in [0.4, 0.5) is 0 Å². The molecule has 42 valence electrons. The van der Waals surface area contributed by atoms with Crippen LogP contribution in [0.3, 0.4) is 0 Å². The van der Waals surface area contributed by atoms with Crippen molar-refractivity contribution in [2.75, 3.05) is 0 Å². The first-order valence-corrected chi connectivity index (χ1v) is 2.33. The van der Waals surface area contributed by atoms with Gasteiger partial charge in [0.25, 0.3) is 0 Å². The van der Waals surface area contributed by atoms with Gasteiger partial charge in [-0.15, -0.1) is 5.69 Å². The number of hydrogen-bond acceptors (Lipinski definition) is 0. The molecule has 2 heteroatoms. The fraction of sp³-hybridized carbons (Fsp3) is 0.333. The minimum atomic E-state index is 0. The third-order valence-corrected chi connectivity index (χ3v) is 0.890. The first kappa shape index (κ1) is 7.97. The Bertz CT molecular complexity index is 141. The molecule has 0 radical (unpaired) electrons. The van der Waals surface area contributed by atoms with E-state index >= 15 is 0 Å². The maximum Gasteiger partial charge on any atom is 2.00 e. The minimum absolute atomic E-state index is 0. The van der Waals surface area contributed by atoms with Crippen LogP contribution in [0.15, 0.2) is 6.07 Å². The summed E-state index contributed by atoms with van der Waals surface area (Å²) in [5.74, 6) is 0. The van der Waals surface area contributed by atoms with E-state index in [-0.39, 0.29) is 21.1 Å². The molecule has 0 unspecified atom stereocenters. The monoisotopic (exact) mass is 278 g/mol. The van der Waals surface area contributed by atoms with Crippen LogP contribution in [-0.2, 0) is 21.1 Å². The minimum Gasteiger partial charge on any atom is -0.456 e. The molecule has 0 bridgehead atoms. The molecule has 0 saturated heterocycles. The largest absolute Gasteiger partial charge is 2.00 e. The molecule has 0 aliphatic carbocycles. The van der Waals surface area contributed by atoms with Crippen LogP contribution >= 0.6 is 0 Å². The number of aromatic amines is 1. The smallest absolute Gasteiger partial charge is 0.456 e. The zero-order chi connectivity index (χ0) is 5.28. The number of aryl methyl sites for hydroxylation is 2. The van der Waals surface area contributed by atoms with E-state index in [0.717, 1.165) is 5.69 Å². The van der Waals surface area contributed by atoms with E-state index in [4.69, 9.17) is 0 Å². The summed E-state index contributed by atoms with van der Waals surface area (Å²) in [4.78, 5) is 3.08. The van der Waals surface area contributed by atoms with Crippen LogP contribution in [0.25, 0.3) is 0 Å². The molecule has 0 aliphatic heterocycles. The summed E-state index contributed by atoms with van der Waals surface area (Å²) in [6.07, 6.45) is 0. The molecule has 0 fully saturated rings. The Morgan fingerprint density at radius 2 is 2.12 bits per heavy atom. The maximum atomic E-state index is 3.08. The average molecular weight is 278 g/mol. The van der Waals surface area contributed by atoms with Gasteiger partial charge >= 0.3 is 21.1 Å². The Hall–Kier alpha value is -0.0317. The summed E-state index contributed by atoms with van der Waals surface area (Å²) in [6, 6.07) is 4.95. The Morgan fingerprint density at radius 3 is 2.25 bits per heavy atom. The molecule has 0 saturated carbocycles. The number of aromatic nitrogens is 1. The van der Waals surface area contributed by atoms with Crippen molar-refractivity contribution in [3.8, 4) is 0 Å². The van der Waals surface area contributed by atoms with Crippen molar-refractivity contribution in [2.45, 2.75) is 13.8 Å². The molecule has 1 aromatic heterocycles. The Morgan fingerprint density at radius 1 is 1.50 bits per heavy atom. The van der Waals surface area contributed by atoms with Crippen LogP contribution in [0.5, 0.6) is 0 Å². The van der Waals surface area contributed by atoms with E-state index in [1.54, 1.807) is 0 Å². The summed E-state index contributed by atoms with van der Waals surface area (Å²) in [6.45, 7) is 4.01. The fourth-order valence-electron chi connectivity index (χ4n) is 0.584. The molecule has 1 heterocycles. The quantitative estimate of drug-likeness (QED) is 0.691. The van der Waals surface area contributed by atoms with Crippen molar-refractivity contribution < 1.29 is 21.1 Å². The van der Waals surface area contributed by atoms with Gasteiger partial charge in [0, 0.05) is 0 Å². The third kappa shape index (κ3) is 1.83. The van der Waals surface area contributed by atoms with Crippen molar-refractivity contribution in [2.24, 2.45) is 0 Å². The molecule has 1 N–H and O–H groups in total. The maximum absolute atomic E-state index is 3.08. The standard InChI is InChI=1S/C6H8N.W/c1-5-3-4-6(2)7-5;/h3,7H,1-2H3;/q-1;+2. The molecule has 0 spiro atoms. The first-order valence-electron chi connectivity index (χ1n) is 2.33. The van der Waals surface area contributed by atoms with Gasteiger partial charge in [0.2, 0.25) is 0 Å². The molecule has 0 atom stereocenters. The van der Waals surface area contributed by atoms with E-state index in [1.807, 2.05) is 19.9 Å². The van der Waals surface area contributed by atoms with Crippen molar-refractivity contribution in [3.63, 3.8) is 0 Å². The third-order valence-electron chi connectivity index (χ3n) is 0.890. The van der Waals surface area contributed by atoms with E-state index < -0.39 is 0 Å². The topological polar surface area (TPSA) is 15.8 Å². The van der Waals surface area contributed by atoms with Gasteiger partial charge in [-0.05, 0) is 6.92 Å². The first-order chi connectivity index (χ1) is 3.29. The predicted molar refractivity (Wildman–Crippen MR) is 29.1 cm³/mol. The normalized spacial score (nSPS) is 8.25. The number of nitrogens with one attached hydrogen (secondary N) is 1. The zero-order valence-electron chi connectivity index (χ0n) is 4.99. The molecular weight excluding hydrogens is 270 g/mol. The number of rotatable bonds is 0. The Kier molecular flexibility index (Phi) is 3.07. The van der Waals surface area contributed by atoms with Crippen LogP contribution in [-0.4, -0.2) is 4.98 Å². The van der Waals surface area contributed by atoms with Gasteiger partial charge in [0.1, 0.15) is 0 Å². The predicted octanol–water partition coefficient (Wildman–Crippen LogP) is 1.43. The summed E-state index contributed by atoms with van der Waals surface area (Å²) in [7, 11) is 0. The summed E-state index contributed by atoms with van der Waals surface area (Å²) in [5.41, 5.74) is 2.29. The van der Waals surface area contributed by atoms with E-state index in [1.165, 1.54) is 5.69 Å². The second kappa shape index (κ2) is 3.09. The number of hydrogen-bond donors (Lipinski definition) is 1. The van der Waals surface area contributed by atoms with Crippen LogP contribution in [0.2, 0.25) is 0 Å². The van der Waals surface area contributed by atoms with Gasteiger partial charge in [-0.2, -0.15) is 0 Å². The van der Waals surface area contributed by atoms with E-state index in [9.17, 15) is 0 Å². The fourth-order valence-corrected chi connectivity index (χ4v) is 0.584. The van der Waals surface area contributed by atoms with Crippen molar-refractivity contribution in [3.05, 3.63) is 23.5 Å².